The van der Waals surface area contributed by atoms with Crippen LogP contribution >= 0.6 is 12.6 Å². The highest BCUT2D eigenvalue weighted by molar-refractivity contribution is 7.80. The third-order valence-electron chi connectivity index (χ3n) is 2.17. The molecule has 0 atom stereocenters. The molecule has 0 unspecified atom stereocenters. The first-order valence-corrected chi connectivity index (χ1v) is 5.11. The summed E-state index contributed by atoms with van der Waals surface area (Å²) >= 11 is 4.18. The van der Waals surface area contributed by atoms with Crippen molar-refractivity contribution in [1.29, 1.82) is 0 Å². The van der Waals surface area contributed by atoms with Gasteiger partial charge in [0.2, 0.25) is 0 Å². The summed E-state index contributed by atoms with van der Waals surface area (Å²) in [5.74, 6) is 0.0453. The minimum absolute atomic E-state index is 0.0453. The van der Waals surface area contributed by atoms with Gasteiger partial charge in [-0.25, -0.2) is 0 Å². The summed E-state index contributed by atoms with van der Waals surface area (Å²) in [7, 11) is 0. The first-order valence-electron chi connectivity index (χ1n) is 4.66. The van der Waals surface area contributed by atoms with Crippen LogP contribution in [0.15, 0.2) is 59.5 Å². The van der Waals surface area contributed by atoms with Gasteiger partial charge in [0, 0.05) is 16.0 Å². The molecule has 0 bridgehead atoms. The van der Waals surface area contributed by atoms with Crippen molar-refractivity contribution in [3.05, 3.63) is 65.7 Å². The molecule has 2 aromatic rings. The van der Waals surface area contributed by atoms with Crippen LogP contribution in [0, 0.1) is 0 Å². The molecule has 0 aliphatic carbocycles. The Morgan fingerprint density at radius 3 is 1.93 bits per heavy atom. The van der Waals surface area contributed by atoms with Crippen LogP contribution in [0.3, 0.4) is 0 Å². The Hall–Kier alpha value is -1.54. The van der Waals surface area contributed by atoms with Crippen molar-refractivity contribution in [3.63, 3.8) is 0 Å². The Bertz CT molecular complexity index is 460. The number of hydrogen-bond acceptors (Lipinski definition) is 2. The summed E-state index contributed by atoms with van der Waals surface area (Å²) in [6.45, 7) is 0. The van der Waals surface area contributed by atoms with Gasteiger partial charge in [-0.05, 0) is 24.3 Å². The number of hydrogen-bond donors (Lipinski definition) is 1. The molecule has 0 amide bonds. The minimum Gasteiger partial charge on any atom is -0.289 e. The average Bonchev–Trinajstić information content (AvgIpc) is 2.30. The van der Waals surface area contributed by atoms with Crippen LogP contribution in [0.2, 0.25) is 0 Å². The molecule has 0 aromatic heterocycles. The standard InChI is InChI=1S/C13H10OS/c14-13(10-4-2-1-3-5-10)11-6-8-12(15)9-7-11/h1-9,15H. The van der Waals surface area contributed by atoms with Gasteiger partial charge in [-0.3, -0.25) is 4.79 Å². The zero-order valence-electron chi connectivity index (χ0n) is 8.05. The molecular weight excluding hydrogens is 204 g/mol. The molecule has 0 fully saturated rings. The molecule has 2 rings (SSSR count). The molecule has 2 aromatic carbocycles. The molecular formula is C13H10OS. The van der Waals surface area contributed by atoms with Gasteiger partial charge in [-0.1, -0.05) is 30.3 Å². The van der Waals surface area contributed by atoms with E-state index in [1.807, 2.05) is 42.5 Å². The lowest BCUT2D eigenvalue weighted by atomic mass is 10.0. The van der Waals surface area contributed by atoms with Gasteiger partial charge >= 0.3 is 0 Å². The van der Waals surface area contributed by atoms with E-state index in [2.05, 4.69) is 12.6 Å². The number of carbonyl (C=O) groups is 1. The maximum absolute atomic E-state index is 11.9. The van der Waals surface area contributed by atoms with Gasteiger partial charge in [-0.15, -0.1) is 12.6 Å². The Morgan fingerprint density at radius 1 is 0.800 bits per heavy atom. The largest absolute Gasteiger partial charge is 0.289 e. The van der Waals surface area contributed by atoms with Crippen molar-refractivity contribution >= 4 is 18.4 Å². The number of benzene rings is 2. The van der Waals surface area contributed by atoms with E-state index in [1.165, 1.54) is 0 Å². The monoisotopic (exact) mass is 214 g/mol. The lowest BCUT2D eigenvalue weighted by Crippen LogP contribution is -2.00. The SMILES string of the molecule is O=C(c1ccccc1)c1ccc(S)cc1. The van der Waals surface area contributed by atoms with Gasteiger partial charge in [0.15, 0.2) is 5.78 Å². The quantitative estimate of drug-likeness (QED) is 0.600. The van der Waals surface area contributed by atoms with E-state index in [1.54, 1.807) is 12.1 Å². The maximum Gasteiger partial charge on any atom is 0.193 e. The van der Waals surface area contributed by atoms with Gasteiger partial charge in [-0.2, -0.15) is 0 Å². The van der Waals surface area contributed by atoms with E-state index in [0.717, 1.165) is 4.90 Å². The Labute approximate surface area is 94.2 Å². The summed E-state index contributed by atoms with van der Waals surface area (Å²) in [6.07, 6.45) is 0. The fourth-order valence-corrected chi connectivity index (χ4v) is 1.52. The zero-order chi connectivity index (χ0) is 10.7. The van der Waals surface area contributed by atoms with Gasteiger partial charge in [0.1, 0.15) is 0 Å². The van der Waals surface area contributed by atoms with Crippen molar-refractivity contribution in [1.82, 2.24) is 0 Å². The van der Waals surface area contributed by atoms with E-state index >= 15 is 0 Å². The highest BCUT2D eigenvalue weighted by Crippen LogP contribution is 2.12. The second-order valence-corrected chi connectivity index (χ2v) is 3.76. The van der Waals surface area contributed by atoms with Crippen molar-refractivity contribution in [2.75, 3.05) is 0 Å². The minimum atomic E-state index is 0.0453. The van der Waals surface area contributed by atoms with Crippen LogP contribution in [-0.2, 0) is 0 Å². The van der Waals surface area contributed by atoms with E-state index < -0.39 is 0 Å². The third kappa shape index (κ3) is 2.28. The third-order valence-corrected chi connectivity index (χ3v) is 2.46. The molecule has 0 saturated heterocycles. The second-order valence-electron chi connectivity index (χ2n) is 3.24. The lowest BCUT2D eigenvalue weighted by Gasteiger charge is -2.00. The van der Waals surface area contributed by atoms with Gasteiger partial charge in [0.05, 0.1) is 0 Å². The van der Waals surface area contributed by atoms with Crippen LogP contribution in [0.25, 0.3) is 0 Å². The molecule has 0 radical (unpaired) electrons. The summed E-state index contributed by atoms with van der Waals surface area (Å²) in [4.78, 5) is 12.8. The number of rotatable bonds is 2. The summed E-state index contributed by atoms with van der Waals surface area (Å²) in [5.41, 5.74) is 1.41. The topological polar surface area (TPSA) is 17.1 Å². The summed E-state index contributed by atoms with van der Waals surface area (Å²) < 4.78 is 0. The Balaban J connectivity index is 2.33. The molecule has 2 heteroatoms. The highest BCUT2D eigenvalue weighted by atomic mass is 32.1. The van der Waals surface area contributed by atoms with Crippen molar-refractivity contribution in [2.24, 2.45) is 0 Å². The van der Waals surface area contributed by atoms with E-state index in [9.17, 15) is 4.79 Å². The Kier molecular flexibility index (Phi) is 2.88. The average molecular weight is 214 g/mol. The highest BCUT2D eigenvalue weighted by Gasteiger charge is 2.06. The maximum atomic E-state index is 11.9. The first-order chi connectivity index (χ1) is 7.27. The smallest absolute Gasteiger partial charge is 0.193 e. The first kappa shape index (κ1) is 9.99. The molecule has 0 heterocycles. The number of thiol groups is 1. The molecule has 0 aliphatic rings. The van der Waals surface area contributed by atoms with Gasteiger partial charge < -0.3 is 0 Å². The zero-order valence-corrected chi connectivity index (χ0v) is 8.95. The number of ketones is 1. The lowest BCUT2D eigenvalue weighted by molar-refractivity contribution is 0.103. The predicted molar refractivity (Wildman–Crippen MR) is 63.6 cm³/mol. The molecule has 74 valence electrons. The number of carbonyl (C=O) groups excluding carboxylic acids is 1. The molecule has 0 spiro atoms. The molecule has 1 nitrogen and oxygen atoms in total. The van der Waals surface area contributed by atoms with Crippen LogP contribution in [-0.4, -0.2) is 5.78 Å². The van der Waals surface area contributed by atoms with Crippen LogP contribution in [0.5, 0.6) is 0 Å². The molecule has 15 heavy (non-hydrogen) atoms. The molecule has 0 saturated carbocycles. The summed E-state index contributed by atoms with van der Waals surface area (Å²) in [5, 5.41) is 0. The van der Waals surface area contributed by atoms with Crippen LogP contribution in [0.4, 0.5) is 0 Å². The van der Waals surface area contributed by atoms with Crippen molar-refractivity contribution in [2.45, 2.75) is 4.90 Å². The second kappa shape index (κ2) is 4.32. The summed E-state index contributed by atoms with van der Waals surface area (Å²) in [6, 6.07) is 16.5. The van der Waals surface area contributed by atoms with Gasteiger partial charge in [0.25, 0.3) is 0 Å². The van der Waals surface area contributed by atoms with E-state index in [4.69, 9.17) is 0 Å². The fraction of sp³-hybridized carbons (Fsp3) is 0. The van der Waals surface area contributed by atoms with E-state index in [-0.39, 0.29) is 5.78 Å². The predicted octanol–water partition coefficient (Wildman–Crippen LogP) is 3.21. The Morgan fingerprint density at radius 2 is 1.33 bits per heavy atom. The van der Waals surface area contributed by atoms with Crippen LogP contribution < -0.4 is 0 Å². The van der Waals surface area contributed by atoms with Crippen molar-refractivity contribution in [3.8, 4) is 0 Å². The van der Waals surface area contributed by atoms with Crippen LogP contribution in [0.1, 0.15) is 15.9 Å². The van der Waals surface area contributed by atoms with Crippen molar-refractivity contribution < 1.29 is 4.79 Å². The van der Waals surface area contributed by atoms with E-state index in [0.29, 0.717) is 11.1 Å². The molecule has 0 N–H and O–H groups in total. The fourth-order valence-electron chi connectivity index (χ4n) is 1.37. The normalized spacial score (nSPS) is 9.93. The molecule has 0 aliphatic heterocycles.